The minimum Gasteiger partial charge on any atom is -0.494 e. The Hall–Kier alpha value is -3.23. The molecule has 0 saturated heterocycles. The minimum atomic E-state index is -3.79. The first-order chi connectivity index (χ1) is 15.7. The fourth-order valence-corrected chi connectivity index (χ4v) is 4.42. The topological polar surface area (TPSA) is 93.7 Å². The fourth-order valence-electron chi connectivity index (χ4n) is 3.05. The Morgan fingerprint density at radius 1 is 0.939 bits per heavy atom. The number of carbonyl (C=O) groups is 1. The number of carbonyl (C=O) groups excluding carboxylic acids is 1. The summed E-state index contributed by atoms with van der Waals surface area (Å²) in [5.41, 5.74) is 2.48. The van der Waals surface area contributed by atoms with Crippen molar-refractivity contribution in [2.75, 3.05) is 23.3 Å². The molecule has 0 aliphatic rings. The summed E-state index contributed by atoms with van der Waals surface area (Å²) in [5.74, 6) is 0.736. The lowest BCUT2D eigenvalue weighted by Gasteiger charge is -2.13. The van der Waals surface area contributed by atoms with Crippen LogP contribution in [0.3, 0.4) is 0 Å². The van der Waals surface area contributed by atoms with Crippen LogP contribution in [0.1, 0.15) is 18.1 Å². The molecule has 0 unspecified atom stereocenters. The molecule has 7 nitrogen and oxygen atoms in total. The van der Waals surface area contributed by atoms with Gasteiger partial charge in [-0.15, -0.1) is 0 Å². The molecule has 0 atom stereocenters. The lowest BCUT2D eigenvalue weighted by molar-refractivity contribution is -0.118. The first-order valence-electron chi connectivity index (χ1n) is 10.2. The van der Waals surface area contributed by atoms with Crippen LogP contribution in [0.25, 0.3) is 0 Å². The Bertz CT molecular complexity index is 1240. The number of ether oxygens (including phenoxy) is 2. The van der Waals surface area contributed by atoms with E-state index in [-0.39, 0.29) is 17.4 Å². The van der Waals surface area contributed by atoms with Crippen LogP contribution in [0.5, 0.6) is 11.5 Å². The lowest BCUT2D eigenvalue weighted by Crippen LogP contribution is -2.21. The van der Waals surface area contributed by atoms with Crippen LogP contribution in [0, 0.1) is 13.8 Å². The first kappa shape index (κ1) is 24.4. The average molecular weight is 489 g/mol. The zero-order valence-corrected chi connectivity index (χ0v) is 20.1. The molecule has 0 aliphatic heterocycles. The number of hydrogen-bond acceptors (Lipinski definition) is 5. The Kier molecular flexibility index (Phi) is 7.84. The Morgan fingerprint density at radius 2 is 1.67 bits per heavy atom. The maximum absolute atomic E-state index is 12.7. The van der Waals surface area contributed by atoms with Crippen LogP contribution in [0.15, 0.2) is 65.6 Å². The highest BCUT2D eigenvalue weighted by molar-refractivity contribution is 7.92. The third-order valence-electron chi connectivity index (χ3n) is 4.70. The Balaban J connectivity index is 1.63. The number of benzene rings is 3. The van der Waals surface area contributed by atoms with Crippen molar-refractivity contribution in [1.29, 1.82) is 0 Å². The summed E-state index contributed by atoms with van der Waals surface area (Å²) in [5, 5.41) is 3.35. The van der Waals surface area contributed by atoms with Gasteiger partial charge in [0.1, 0.15) is 11.5 Å². The van der Waals surface area contributed by atoms with Gasteiger partial charge in [0, 0.05) is 16.4 Å². The van der Waals surface area contributed by atoms with Crippen LogP contribution < -0.4 is 19.5 Å². The maximum Gasteiger partial charge on any atom is 0.262 e. The molecule has 33 heavy (non-hydrogen) atoms. The number of amides is 1. The van der Waals surface area contributed by atoms with Gasteiger partial charge >= 0.3 is 0 Å². The smallest absolute Gasteiger partial charge is 0.262 e. The molecule has 0 heterocycles. The lowest BCUT2D eigenvalue weighted by atomic mass is 10.2. The average Bonchev–Trinajstić information content (AvgIpc) is 2.76. The number of nitrogens with one attached hydrogen (secondary N) is 2. The summed E-state index contributed by atoms with van der Waals surface area (Å²) in [6.45, 7) is 5.74. The molecule has 2 N–H and O–H groups in total. The largest absolute Gasteiger partial charge is 0.494 e. The molecule has 174 valence electrons. The van der Waals surface area contributed by atoms with Gasteiger partial charge in [-0.1, -0.05) is 11.6 Å². The summed E-state index contributed by atoms with van der Waals surface area (Å²) in [6.07, 6.45) is 0. The number of hydrogen-bond donors (Lipinski definition) is 2. The molecule has 0 radical (unpaired) electrons. The standard InChI is InChI=1S/C24H25ClN2O5S/c1-4-31-20-8-6-19(7-9-20)27-33(29,30)21-10-12-23(17(3)14-21)32-15-24(28)26-22-11-5-18(25)13-16(22)2/h5-14,27H,4,15H2,1-3H3,(H,26,28). The molecule has 3 aromatic carbocycles. The molecule has 1 amide bonds. The Morgan fingerprint density at radius 3 is 2.30 bits per heavy atom. The van der Waals surface area contributed by atoms with Crippen molar-refractivity contribution in [1.82, 2.24) is 0 Å². The highest BCUT2D eigenvalue weighted by atomic mass is 35.5. The highest BCUT2D eigenvalue weighted by Gasteiger charge is 2.16. The Labute approximate surface area is 198 Å². The van der Waals surface area contributed by atoms with Crippen LogP contribution in [0.4, 0.5) is 11.4 Å². The van der Waals surface area contributed by atoms with Crippen molar-refractivity contribution < 1.29 is 22.7 Å². The normalized spacial score (nSPS) is 11.0. The van der Waals surface area contributed by atoms with E-state index in [1.165, 1.54) is 18.2 Å². The molecule has 0 bridgehead atoms. The van der Waals surface area contributed by atoms with Crippen LogP contribution >= 0.6 is 11.6 Å². The van der Waals surface area contributed by atoms with Gasteiger partial charge in [-0.05, 0) is 92.6 Å². The molecule has 0 aliphatic carbocycles. The predicted molar refractivity (Wildman–Crippen MR) is 130 cm³/mol. The summed E-state index contributed by atoms with van der Waals surface area (Å²) in [6, 6.07) is 16.3. The molecule has 0 saturated carbocycles. The van der Waals surface area contributed by atoms with Gasteiger partial charge in [0.05, 0.1) is 11.5 Å². The number of rotatable bonds is 9. The molecule has 3 rings (SSSR count). The van der Waals surface area contributed by atoms with E-state index in [1.54, 1.807) is 49.4 Å². The summed E-state index contributed by atoms with van der Waals surface area (Å²) in [4.78, 5) is 12.3. The van der Waals surface area contributed by atoms with E-state index in [1.807, 2.05) is 13.8 Å². The minimum absolute atomic E-state index is 0.0856. The van der Waals surface area contributed by atoms with Crippen molar-refractivity contribution in [3.63, 3.8) is 0 Å². The van der Waals surface area contributed by atoms with E-state index in [2.05, 4.69) is 10.0 Å². The third-order valence-corrected chi connectivity index (χ3v) is 6.31. The summed E-state index contributed by atoms with van der Waals surface area (Å²) < 4.78 is 39.0. The monoisotopic (exact) mass is 488 g/mol. The van der Waals surface area contributed by atoms with Crippen molar-refractivity contribution in [2.45, 2.75) is 25.7 Å². The van der Waals surface area contributed by atoms with E-state index in [9.17, 15) is 13.2 Å². The summed E-state index contributed by atoms with van der Waals surface area (Å²) >= 11 is 5.93. The fraction of sp³-hybridized carbons (Fsp3) is 0.208. The van der Waals surface area contributed by atoms with Crippen LogP contribution in [-0.2, 0) is 14.8 Å². The number of anilines is 2. The van der Waals surface area contributed by atoms with E-state index < -0.39 is 10.0 Å². The van der Waals surface area contributed by atoms with Crippen molar-refractivity contribution in [3.05, 3.63) is 76.8 Å². The van der Waals surface area contributed by atoms with Gasteiger partial charge in [0.15, 0.2) is 6.61 Å². The second kappa shape index (κ2) is 10.6. The van der Waals surface area contributed by atoms with Crippen molar-refractivity contribution in [3.8, 4) is 11.5 Å². The number of aryl methyl sites for hydroxylation is 2. The molecular weight excluding hydrogens is 464 g/mol. The zero-order chi connectivity index (χ0) is 24.0. The molecule has 0 fully saturated rings. The van der Waals surface area contributed by atoms with Gasteiger partial charge < -0.3 is 14.8 Å². The van der Waals surface area contributed by atoms with E-state index in [4.69, 9.17) is 21.1 Å². The third kappa shape index (κ3) is 6.63. The second-order valence-electron chi connectivity index (χ2n) is 7.29. The second-order valence-corrected chi connectivity index (χ2v) is 9.41. The van der Waals surface area contributed by atoms with Gasteiger partial charge in [-0.3, -0.25) is 9.52 Å². The van der Waals surface area contributed by atoms with Gasteiger partial charge in [0.2, 0.25) is 0 Å². The van der Waals surface area contributed by atoms with Gasteiger partial charge in [0.25, 0.3) is 15.9 Å². The van der Waals surface area contributed by atoms with E-state index >= 15 is 0 Å². The molecule has 3 aromatic rings. The predicted octanol–water partition coefficient (Wildman–Crippen LogP) is 5.17. The zero-order valence-electron chi connectivity index (χ0n) is 18.5. The molecular formula is C24H25ClN2O5S. The van der Waals surface area contributed by atoms with Crippen molar-refractivity contribution >= 4 is 38.9 Å². The number of halogens is 1. The van der Waals surface area contributed by atoms with Gasteiger partial charge in [-0.2, -0.15) is 0 Å². The molecule has 0 aromatic heterocycles. The van der Waals surface area contributed by atoms with Crippen molar-refractivity contribution in [2.24, 2.45) is 0 Å². The summed E-state index contributed by atoms with van der Waals surface area (Å²) in [7, 11) is -3.79. The maximum atomic E-state index is 12.7. The first-order valence-corrected chi connectivity index (χ1v) is 12.1. The van der Waals surface area contributed by atoms with Crippen LogP contribution in [-0.4, -0.2) is 27.5 Å². The quantitative estimate of drug-likeness (QED) is 0.433. The van der Waals surface area contributed by atoms with Gasteiger partial charge in [-0.25, -0.2) is 8.42 Å². The van der Waals surface area contributed by atoms with E-state index in [0.29, 0.717) is 40.1 Å². The SMILES string of the molecule is CCOc1ccc(NS(=O)(=O)c2ccc(OCC(=O)Nc3ccc(Cl)cc3C)c(C)c2)cc1. The molecule has 0 spiro atoms. The number of sulfonamides is 1. The highest BCUT2D eigenvalue weighted by Crippen LogP contribution is 2.25. The molecule has 9 heteroatoms. The van der Waals surface area contributed by atoms with E-state index in [0.717, 1.165) is 5.56 Å². The van der Waals surface area contributed by atoms with Crippen LogP contribution in [0.2, 0.25) is 5.02 Å².